The third kappa shape index (κ3) is 10.8. The van der Waals surface area contributed by atoms with Gasteiger partial charge in [-0.15, -0.1) is 0 Å². The lowest BCUT2D eigenvalue weighted by Crippen LogP contribution is -2.50. The van der Waals surface area contributed by atoms with Gasteiger partial charge in [-0.1, -0.05) is 93.6 Å². The molecule has 0 radical (unpaired) electrons. The Morgan fingerprint density at radius 3 is 1.86 bits per heavy atom. The van der Waals surface area contributed by atoms with Crippen molar-refractivity contribution >= 4 is 14.3 Å². The monoisotopic (exact) mass is 596 g/mol. The van der Waals surface area contributed by atoms with Crippen LogP contribution in [0.4, 0.5) is 0 Å². The van der Waals surface area contributed by atoms with E-state index < -0.39 is 25.9 Å². The van der Waals surface area contributed by atoms with E-state index in [1.165, 1.54) is 0 Å². The van der Waals surface area contributed by atoms with Crippen LogP contribution >= 0.6 is 0 Å². The van der Waals surface area contributed by atoms with Gasteiger partial charge in [-0.05, 0) is 62.9 Å². The van der Waals surface area contributed by atoms with Crippen molar-refractivity contribution in [1.29, 1.82) is 0 Å². The molecule has 42 heavy (non-hydrogen) atoms. The molecule has 7 heteroatoms. The van der Waals surface area contributed by atoms with E-state index in [-0.39, 0.29) is 29.8 Å². The molecule has 0 aromatic heterocycles. The molecule has 4 atom stereocenters. The fourth-order valence-corrected chi connectivity index (χ4v) is 5.69. The maximum Gasteiger partial charge on any atom is 0.311 e. The van der Waals surface area contributed by atoms with E-state index >= 15 is 0 Å². The standard InChI is InChI=1S/C35H52O6Si/c1-34(2,3)33(36)39-26-32-30(41-42(7,8)35(4,5)6)22-16-15-21-29(38-24-28-19-13-10-14-20-28)31(40-32)25-37-23-27-17-11-9-12-18-27/h9-20,29-32H,21-26H2,1-8H3/b16-15-/t29-,30+,31+,32-/m1/s1. The molecule has 1 heterocycles. The minimum atomic E-state index is -2.17. The molecule has 0 amide bonds. The normalized spacial score (nSPS) is 23.0. The Labute approximate surface area is 254 Å². The molecule has 2 aromatic rings. The third-order valence-corrected chi connectivity index (χ3v) is 12.5. The number of hydrogen-bond acceptors (Lipinski definition) is 6. The SMILES string of the molecule is CC(C)(C)C(=O)OC[C@H]1O[C@@H](COCc2ccccc2)[C@H](OCc2ccccc2)C/C=C\C[C@@H]1O[Si](C)(C)C(C)(C)C. The van der Waals surface area contributed by atoms with E-state index in [1.807, 2.05) is 69.3 Å². The van der Waals surface area contributed by atoms with Crippen LogP contribution in [0.25, 0.3) is 0 Å². The van der Waals surface area contributed by atoms with E-state index in [4.69, 9.17) is 23.4 Å². The summed E-state index contributed by atoms with van der Waals surface area (Å²) in [6.07, 6.45) is 4.23. The number of carbonyl (C=O) groups excluding carboxylic acids is 1. The van der Waals surface area contributed by atoms with Gasteiger partial charge in [0.2, 0.25) is 0 Å². The van der Waals surface area contributed by atoms with Gasteiger partial charge >= 0.3 is 5.97 Å². The van der Waals surface area contributed by atoms with Crippen LogP contribution in [-0.2, 0) is 41.4 Å². The van der Waals surface area contributed by atoms with Crippen molar-refractivity contribution in [3.05, 3.63) is 83.9 Å². The molecule has 0 saturated carbocycles. The van der Waals surface area contributed by atoms with Crippen molar-refractivity contribution in [1.82, 2.24) is 0 Å². The predicted octanol–water partition coefficient (Wildman–Crippen LogP) is 7.87. The zero-order valence-electron chi connectivity index (χ0n) is 26.9. The van der Waals surface area contributed by atoms with Gasteiger partial charge in [0.25, 0.3) is 0 Å². The molecule has 0 aliphatic carbocycles. The topological polar surface area (TPSA) is 63.2 Å². The van der Waals surface area contributed by atoms with Crippen LogP contribution in [0, 0.1) is 5.41 Å². The van der Waals surface area contributed by atoms with E-state index in [9.17, 15) is 4.79 Å². The van der Waals surface area contributed by atoms with Gasteiger partial charge < -0.3 is 23.4 Å². The summed E-state index contributed by atoms with van der Waals surface area (Å²) >= 11 is 0. The number of ether oxygens (including phenoxy) is 4. The van der Waals surface area contributed by atoms with Gasteiger partial charge in [0, 0.05) is 0 Å². The fraction of sp³-hybridized carbons (Fsp3) is 0.571. The molecule has 0 bridgehead atoms. The van der Waals surface area contributed by atoms with Crippen LogP contribution in [-0.4, -0.2) is 51.9 Å². The number of carbonyl (C=O) groups is 1. The van der Waals surface area contributed by atoms with Crippen LogP contribution in [0.3, 0.4) is 0 Å². The van der Waals surface area contributed by atoms with Gasteiger partial charge in [-0.2, -0.15) is 0 Å². The maximum absolute atomic E-state index is 12.8. The van der Waals surface area contributed by atoms with Crippen molar-refractivity contribution in [3.8, 4) is 0 Å². The van der Waals surface area contributed by atoms with Crippen LogP contribution in [0.2, 0.25) is 18.1 Å². The Balaban J connectivity index is 1.88. The first-order valence-corrected chi connectivity index (χ1v) is 18.1. The average molecular weight is 597 g/mol. The lowest BCUT2D eigenvalue weighted by molar-refractivity contribution is -0.178. The summed E-state index contributed by atoms with van der Waals surface area (Å²) in [7, 11) is -2.17. The molecule has 2 aromatic carbocycles. The van der Waals surface area contributed by atoms with Gasteiger partial charge in [0.1, 0.15) is 18.8 Å². The van der Waals surface area contributed by atoms with Crippen molar-refractivity contribution in [2.45, 2.75) is 110 Å². The number of benzene rings is 2. The maximum atomic E-state index is 12.8. The van der Waals surface area contributed by atoms with Gasteiger partial charge in [-0.25, -0.2) is 0 Å². The second kappa shape index (κ2) is 15.4. The highest BCUT2D eigenvalue weighted by Gasteiger charge is 2.42. The Kier molecular flexibility index (Phi) is 12.6. The minimum Gasteiger partial charge on any atom is -0.462 e. The highest BCUT2D eigenvalue weighted by atomic mass is 28.4. The number of rotatable bonds is 11. The molecular formula is C35H52O6Si. The molecule has 0 saturated heterocycles. The van der Waals surface area contributed by atoms with Crippen molar-refractivity contribution in [3.63, 3.8) is 0 Å². The zero-order chi connectivity index (χ0) is 30.8. The third-order valence-electron chi connectivity index (χ3n) is 8.03. The Morgan fingerprint density at radius 2 is 1.31 bits per heavy atom. The summed E-state index contributed by atoms with van der Waals surface area (Å²) < 4.78 is 32.4. The number of hydrogen-bond donors (Lipinski definition) is 0. The van der Waals surface area contributed by atoms with Crippen LogP contribution < -0.4 is 0 Å². The summed E-state index contributed by atoms with van der Waals surface area (Å²) in [5.74, 6) is -0.263. The van der Waals surface area contributed by atoms with E-state index in [1.54, 1.807) is 0 Å². The zero-order valence-corrected chi connectivity index (χ0v) is 27.9. The number of esters is 1. The summed E-state index contributed by atoms with van der Waals surface area (Å²) in [4.78, 5) is 12.8. The smallest absolute Gasteiger partial charge is 0.311 e. The quantitative estimate of drug-likeness (QED) is 0.149. The summed E-state index contributed by atoms with van der Waals surface area (Å²) in [5, 5.41) is 0.0152. The molecule has 0 fully saturated rings. The largest absolute Gasteiger partial charge is 0.462 e. The van der Waals surface area contributed by atoms with Crippen molar-refractivity contribution in [2.24, 2.45) is 5.41 Å². The van der Waals surface area contributed by atoms with E-state index in [0.29, 0.717) is 32.7 Å². The van der Waals surface area contributed by atoms with Crippen molar-refractivity contribution < 1.29 is 28.2 Å². The van der Waals surface area contributed by atoms with Crippen LogP contribution in [0.5, 0.6) is 0 Å². The van der Waals surface area contributed by atoms with Gasteiger partial charge in [-0.3, -0.25) is 4.79 Å². The molecule has 0 N–H and O–H groups in total. The minimum absolute atomic E-state index is 0.0152. The Morgan fingerprint density at radius 1 is 0.786 bits per heavy atom. The second-order valence-corrected chi connectivity index (χ2v) is 18.5. The fourth-order valence-electron chi connectivity index (χ4n) is 4.33. The highest BCUT2D eigenvalue weighted by Crippen LogP contribution is 2.38. The van der Waals surface area contributed by atoms with Gasteiger partial charge in [0.15, 0.2) is 8.32 Å². The first-order chi connectivity index (χ1) is 19.8. The molecule has 1 aliphatic rings. The van der Waals surface area contributed by atoms with Crippen LogP contribution in [0.15, 0.2) is 72.8 Å². The lowest BCUT2D eigenvalue weighted by Gasteiger charge is -2.42. The van der Waals surface area contributed by atoms with Crippen LogP contribution in [0.1, 0.15) is 65.5 Å². The molecule has 1 aliphatic heterocycles. The molecular weight excluding hydrogens is 544 g/mol. The summed E-state index contributed by atoms with van der Waals surface area (Å²) in [6, 6.07) is 20.3. The molecule has 3 rings (SSSR count). The van der Waals surface area contributed by atoms with Gasteiger partial charge in [0.05, 0.1) is 37.4 Å². The van der Waals surface area contributed by atoms with E-state index in [2.05, 4.69) is 58.2 Å². The Bertz CT molecular complexity index is 1100. The summed E-state index contributed by atoms with van der Waals surface area (Å²) in [5.41, 5.74) is 1.57. The molecule has 0 unspecified atom stereocenters. The lowest BCUT2D eigenvalue weighted by atomic mass is 9.97. The molecule has 232 valence electrons. The summed E-state index contributed by atoms with van der Waals surface area (Å²) in [6.45, 7) is 18.1. The first-order valence-electron chi connectivity index (χ1n) is 15.2. The predicted molar refractivity (Wildman–Crippen MR) is 171 cm³/mol. The molecule has 0 spiro atoms. The average Bonchev–Trinajstić information content (AvgIpc) is 3.00. The Hall–Kier alpha value is -2.29. The first kappa shape index (κ1) is 34.2. The second-order valence-electron chi connectivity index (χ2n) is 13.8. The molecule has 6 nitrogen and oxygen atoms in total. The highest BCUT2D eigenvalue weighted by molar-refractivity contribution is 6.74. The van der Waals surface area contributed by atoms with E-state index in [0.717, 1.165) is 11.1 Å². The van der Waals surface area contributed by atoms with Crippen molar-refractivity contribution in [2.75, 3.05) is 13.2 Å².